The summed E-state index contributed by atoms with van der Waals surface area (Å²) in [4.78, 5) is 24.2. The summed E-state index contributed by atoms with van der Waals surface area (Å²) >= 11 is 1.25. The molecule has 0 saturated carbocycles. The Bertz CT molecular complexity index is 985. The second-order valence-corrected chi connectivity index (χ2v) is 7.34. The van der Waals surface area contributed by atoms with E-state index >= 15 is 0 Å². The van der Waals surface area contributed by atoms with Crippen molar-refractivity contribution in [3.05, 3.63) is 76.2 Å². The number of nitrogens with zero attached hydrogens (tertiary/aromatic N) is 2. The molecule has 0 fully saturated rings. The zero-order chi connectivity index (χ0) is 20.5. The van der Waals surface area contributed by atoms with E-state index in [2.05, 4.69) is 15.5 Å². The van der Waals surface area contributed by atoms with Gasteiger partial charge in [0, 0.05) is 13.1 Å². The minimum absolute atomic E-state index is 0.102. The van der Waals surface area contributed by atoms with Crippen molar-refractivity contribution < 1.29 is 9.53 Å². The van der Waals surface area contributed by atoms with Gasteiger partial charge < -0.3 is 10.1 Å². The molecule has 8 heteroatoms. The zero-order valence-electron chi connectivity index (χ0n) is 16.3. The standard InChI is InChI=1S/C21H24N4O3S/c1-28-18-10-6-5-9-17(18)11-13-22-19(26)15-29-21-24-23-20(27)25(21)14-12-16-7-3-2-4-8-16/h2-10H,11-15H2,1H3,(H,22,26)(H,23,27). The predicted molar refractivity (Wildman–Crippen MR) is 113 cm³/mol. The Labute approximate surface area is 173 Å². The van der Waals surface area contributed by atoms with Gasteiger partial charge in [-0.25, -0.2) is 9.89 Å². The molecule has 1 heterocycles. The van der Waals surface area contributed by atoms with Crippen LogP contribution in [-0.2, 0) is 24.2 Å². The summed E-state index contributed by atoms with van der Waals surface area (Å²) < 4.78 is 6.89. The number of aromatic amines is 1. The van der Waals surface area contributed by atoms with E-state index in [1.54, 1.807) is 11.7 Å². The molecule has 0 spiro atoms. The van der Waals surface area contributed by atoms with Crippen LogP contribution in [0, 0.1) is 0 Å². The number of hydrogen-bond donors (Lipinski definition) is 2. The number of ether oxygens (including phenoxy) is 1. The van der Waals surface area contributed by atoms with Gasteiger partial charge in [0.05, 0.1) is 12.9 Å². The summed E-state index contributed by atoms with van der Waals surface area (Å²) in [5.41, 5.74) is 1.93. The number of hydrogen-bond acceptors (Lipinski definition) is 5. The quantitative estimate of drug-likeness (QED) is 0.499. The van der Waals surface area contributed by atoms with Crippen LogP contribution in [-0.4, -0.2) is 40.1 Å². The van der Waals surface area contributed by atoms with Gasteiger partial charge in [0.2, 0.25) is 5.91 Å². The minimum Gasteiger partial charge on any atom is -0.496 e. The summed E-state index contributed by atoms with van der Waals surface area (Å²) in [5, 5.41) is 9.92. The summed E-state index contributed by atoms with van der Waals surface area (Å²) in [6.45, 7) is 1.03. The van der Waals surface area contributed by atoms with Gasteiger partial charge in [-0.1, -0.05) is 60.3 Å². The van der Waals surface area contributed by atoms with Gasteiger partial charge in [0.1, 0.15) is 5.75 Å². The maximum absolute atomic E-state index is 12.2. The number of aromatic nitrogens is 3. The SMILES string of the molecule is COc1ccccc1CCNC(=O)CSc1n[nH]c(=O)n1CCc1ccccc1. The summed E-state index contributed by atoms with van der Waals surface area (Å²) in [6.07, 6.45) is 1.41. The number of carbonyl (C=O) groups excluding carboxylic acids is 1. The van der Waals surface area contributed by atoms with Gasteiger partial charge in [-0.3, -0.25) is 9.36 Å². The lowest BCUT2D eigenvalue weighted by Crippen LogP contribution is -2.27. The maximum Gasteiger partial charge on any atom is 0.343 e. The van der Waals surface area contributed by atoms with Crippen LogP contribution in [0.25, 0.3) is 0 Å². The number of H-pyrrole nitrogens is 1. The summed E-state index contributed by atoms with van der Waals surface area (Å²) in [6, 6.07) is 17.7. The van der Waals surface area contributed by atoms with E-state index in [9.17, 15) is 9.59 Å². The normalized spacial score (nSPS) is 10.7. The highest BCUT2D eigenvalue weighted by molar-refractivity contribution is 7.99. The fourth-order valence-electron chi connectivity index (χ4n) is 2.92. The van der Waals surface area contributed by atoms with Crippen LogP contribution in [0.2, 0.25) is 0 Å². The highest BCUT2D eigenvalue weighted by atomic mass is 32.2. The fourth-order valence-corrected chi connectivity index (χ4v) is 3.73. The number of carbonyl (C=O) groups is 1. The van der Waals surface area contributed by atoms with E-state index in [0.717, 1.165) is 23.3 Å². The van der Waals surface area contributed by atoms with Crippen LogP contribution in [0.15, 0.2) is 64.5 Å². The molecule has 0 radical (unpaired) electrons. The third-order valence-corrected chi connectivity index (χ3v) is 5.41. The molecule has 2 N–H and O–H groups in total. The molecule has 2 aromatic carbocycles. The van der Waals surface area contributed by atoms with E-state index in [1.165, 1.54) is 11.8 Å². The Hall–Kier alpha value is -3.00. The number of rotatable bonds is 10. The average molecular weight is 413 g/mol. The molecule has 1 aromatic heterocycles. The van der Waals surface area contributed by atoms with Gasteiger partial charge in [0.15, 0.2) is 5.16 Å². The number of para-hydroxylation sites is 1. The van der Waals surface area contributed by atoms with Crippen LogP contribution in [0.3, 0.4) is 0 Å². The highest BCUT2D eigenvalue weighted by Gasteiger charge is 2.11. The predicted octanol–water partition coefficient (Wildman–Crippen LogP) is 2.27. The minimum atomic E-state index is -0.264. The molecular formula is C21H24N4O3S. The van der Waals surface area contributed by atoms with Gasteiger partial charge in [-0.2, -0.15) is 0 Å². The first-order valence-corrected chi connectivity index (χ1v) is 10.4. The van der Waals surface area contributed by atoms with E-state index in [4.69, 9.17) is 4.74 Å². The van der Waals surface area contributed by atoms with Crippen LogP contribution in [0.1, 0.15) is 11.1 Å². The molecule has 0 bridgehead atoms. The van der Waals surface area contributed by atoms with Crippen molar-refractivity contribution in [2.75, 3.05) is 19.4 Å². The maximum atomic E-state index is 12.2. The van der Waals surface area contributed by atoms with Crippen molar-refractivity contribution in [3.8, 4) is 5.75 Å². The molecule has 0 aliphatic heterocycles. The fraction of sp³-hybridized carbons (Fsp3) is 0.286. The zero-order valence-corrected chi connectivity index (χ0v) is 17.1. The van der Waals surface area contributed by atoms with E-state index in [1.807, 2.05) is 54.6 Å². The third kappa shape index (κ3) is 5.99. The molecule has 3 aromatic rings. The van der Waals surface area contributed by atoms with Crippen molar-refractivity contribution in [3.63, 3.8) is 0 Å². The van der Waals surface area contributed by atoms with E-state index in [0.29, 0.717) is 24.7 Å². The lowest BCUT2D eigenvalue weighted by atomic mass is 10.1. The number of aryl methyl sites for hydroxylation is 1. The van der Waals surface area contributed by atoms with Crippen molar-refractivity contribution >= 4 is 17.7 Å². The number of nitrogens with one attached hydrogen (secondary N) is 2. The lowest BCUT2D eigenvalue weighted by Gasteiger charge is -2.09. The first-order chi connectivity index (χ1) is 14.2. The Morgan fingerprint density at radius 1 is 1.14 bits per heavy atom. The van der Waals surface area contributed by atoms with Crippen molar-refractivity contribution in [2.45, 2.75) is 24.5 Å². The molecule has 0 atom stereocenters. The first-order valence-electron chi connectivity index (χ1n) is 9.38. The molecule has 1 amide bonds. The number of benzene rings is 2. The Morgan fingerprint density at radius 3 is 2.69 bits per heavy atom. The van der Waals surface area contributed by atoms with E-state index in [-0.39, 0.29) is 17.3 Å². The second kappa shape index (κ2) is 10.5. The van der Waals surface area contributed by atoms with Crippen LogP contribution < -0.4 is 15.7 Å². The second-order valence-electron chi connectivity index (χ2n) is 6.40. The highest BCUT2D eigenvalue weighted by Crippen LogP contribution is 2.17. The largest absolute Gasteiger partial charge is 0.496 e. The van der Waals surface area contributed by atoms with Crippen LogP contribution in [0.5, 0.6) is 5.75 Å². The topological polar surface area (TPSA) is 89.0 Å². The van der Waals surface area contributed by atoms with Crippen molar-refractivity contribution in [2.24, 2.45) is 0 Å². The average Bonchev–Trinajstić information content (AvgIpc) is 3.11. The van der Waals surface area contributed by atoms with Gasteiger partial charge >= 0.3 is 5.69 Å². The van der Waals surface area contributed by atoms with Gasteiger partial charge in [0.25, 0.3) is 0 Å². The monoisotopic (exact) mass is 412 g/mol. The number of thioether (sulfide) groups is 1. The Kier molecular flexibility index (Phi) is 7.52. The summed E-state index contributed by atoms with van der Waals surface area (Å²) in [5.74, 6) is 0.909. The number of amides is 1. The molecule has 0 saturated heterocycles. The molecule has 0 aliphatic rings. The van der Waals surface area contributed by atoms with Gasteiger partial charge in [-0.05, 0) is 30.0 Å². The molecule has 29 heavy (non-hydrogen) atoms. The molecular weight excluding hydrogens is 388 g/mol. The smallest absolute Gasteiger partial charge is 0.343 e. The first kappa shape index (κ1) is 20.7. The van der Waals surface area contributed by atoms with Crippen molar-refractivity contribution in [1.82, 2.24) is 20.1 Å². The third-order valence-electron chi connectivity index (χ3n) is 4.43. The van der Waals surface area contributed by atoms with Gasteiger partial charge in [-0.15, -0.1) is 5.10 Å². The Morgan fingerprint density at radius 2 is 1.90 bits per heavy atom. The van der Waals surface area contributed by atoms with Crippen LogP contribution >= 0.6 is 11.8 Å². The van der Waals surface area contributed by atoms with Crippen molar-refractivity contribution in [1.29, 1.82) is 0 Å². The molecule has 0 unspecified atom stereocenters. The molecule has 3 rings (SSSR count). The number of methoxy groups -OCH3 is 1. The summed E-state index contributed by atoms with van der Waals surface area (Å²) in [7, 11) is 1.63. The molecule has 0 aliphatic carbocycles. The van der Waals surface area contributed by atoms with Crippen LogP contribution in [0.4, 0.5) is 0 Å². The molecule has 152 valence electrons. The molecule has 7 nitrogen and oxygen atoms in total. The lowest BCUT2D eigenvalue weighted by molar-refractivity contribution is -0.118. The van der Waals surface area contributed by atoms with E-state index < -0.39 is 0 Å². The Balaban J connectivity index is 1.47.